The van der Waals surface area contributed by atoms with Crippen molar-refractivity contribution in [1.82, 2.24) is 4.90 Å². The van der Waals surface area contributed by atoms with E-state index in [-0.39, 0.29) is 11.3 Å². The number of nitrogens with zero attached hydrogens (tertiary/aromatic N) is 1. The number of phosphoric acid groups is 1. The van der Waals surface area contributed by atoms with Crippen molar-refractivity contribution >= 4 is 18.8 Å². The first kappa shape index (κ1) is 27.7. The Morgan fingerprint density at radius 3 is 2.09 bits per heavy atom. The van der Waals surface area contributed by atoms with Gasteiger partial charge in [0.25, 0.3) is 0 Å². The minimum absolute atomic E-state index is 0.0919. The van der Waals surface area contributed by atoms with Crippen molar-refractivity contribution in [1.29, 1.82) is 0 Å². The predicted molar refractivity (Wildman–Crippen MR) is 121 cm³/mol. The molecule has 1 aliphatic carbocycles. The molecule has 14 heteroatoms. The highest BCUT2D eigenvalue weighted by atomic mass is 31.2. The molecule has 2 heterocycles. The average molecular weight is 519 g/mol. The van der Waals surface area contributed by atoms with Crippen LogP contribution in [0.15, 0.2) is 33.5 Å². The lowest BCUT2D eigenvalue weighted by atomic mass is 9.85. The van der Waals surface area contributed by atoms with Gasteiger partial charge in [0.1, 0.15) is 48.0 Å². The summed E-state index contributed by atoms with van der Waals surface area (Å²) in [6, 6.07) is 5.25. The van der Waals surface area contributed by atoms with Gasteiger partial charge in [0, 0.05) is 30.6 Å². The summed E-state index contributed by atoms with van der Waals surface area (Å²) < 4.78 is 32.0. The maximum Gasteiger partial charge on any atom is 0.527 e. The first-order valence-corrected chi connectivity index (χ1v) is 12.3. The summed E-state index contributed by atoms with van der Waals surface area (Å²) in [6.07, 6.45) is -11.6. The van der Waals surface area contributed by atoms with Gasteiger partial charge in [-0.1, -0.05) is 0 Å². The number of aryl methyl sites for hydroxylation is 1. The third kappa shape index (κ3) is 6.86. The topological polar surface area (TPSA) is 200 Å². The highest BCUT2D eigenvalue weighted by Gasteiger charge is 2.51. The Balaban J connectivity index is 0.000000420. The van der Waals surface area contributed by atoms with Crippen molar-refractivity contribution in [3.63, 3.8) is 0 Å². The van der Waals surface area contributed by atoms with Gasteiger partial charge < -0.3 is 44.1 Å². The largest absolute Gasteiger partial charge is 0.527 e. The van der Waals surface area contributed by atoms with E-state index < -0.39 is 50.1 Å². The molecular weight excluding hydrogens is 489 g/mol. The number of aliphatic hydroxyl groups excluding tert-OH is 5. The molecule has 7 atom stereocenters. The van der Waals surface area contributed by atoms with Crippen molar-refractivity contribution in [2.24, 2.45) is 0 Å². The molecule has 1 saturated heterocycles. The standard InChI is InChI=1S/C16H19O11P.C5H11NO/c1-6-4-10(17)25-9-5-7(2-3-8(6)9)26-28(23,24)27-16-14(21)12(19)11(18)13(20)15(16)22;1-6-2-4-7-5-3-6/h2-5,11-16,18-22H,1H3,(H,23,24);2-5H2,1H3/t11?,12-,13+,14-,15-,16?;/m1./s1. The van der Waals surface area contributed by atoms with E-state index in [0.717, 1.165) is 26.3 Å². The molecule has 1 saturated carbocycles. The summed E-state index contributed by atoms with van der Waals surface area (Å²) in [5, 5.41) is 49.2. The highest BCUT2D eigenvalue weighted by molar-refractivity contribution is 7.47. The number of benzene rings is 1. The fraction of sp³-hybridized carbons (Fsp3) is 0.571. The minimum atomic E-state index is -4.98. The van der Waals surface area contributed by atoms with Crippen molar-refractivity contribution < 1.29 is 53.2 Å². The normalized spacial score (nSPS) is 31.3. The van der Waals surface area contributed by atoms with Crippen LogP contribution in [-0.2, 0) is 13.8 Å². The van der Waals surface area contributed by atoms with Crippen LogP contribution in [0.5, 0.6) is 5.75 Å². The molecule has 2 aromatic rings. The number of rotatable bonds is 4. The van der Waals surface area contributed by atoms with Gasteiger partial charge >= 0.3 is 13.4 Å². The summed E-state index contributed by atoms with van der Waals surface area (Å²) in [6.45, 7) is 5.70. The second kappa shape index (κ2) is 11.4. The molecule has 35 heavy (non-hydrogen) atoms. The summed E-state index contributed by atoms with van der Waals surface area (Å²) in [7, 11) is -2.86. The van der Waals surface area contributed by atoms with Crippen molar-refractivity contribution in [3.05, 3.63) is 40.2 Å². The molecule has 1 aromatic carbocycles. The Labute approximate surface area is 200 Å². The van der Waals surface area contributed by atoms with Crippen LogP contribution in [0, 0.1) is 6.92 Å². The van der Waals surface area contributed by atoms with Gasteiger partial charge in [0.15, 0.2) is 0 Å². The Morgan fingerprint density at radius 2 is 1.54 bits per heavy atom. The van der Waals surface area contributed by atoms with Crippen molar-refractivity contribution in [2.75, 3.05) is 33.4 Å². The van der Waals surface area contributed by atoms with E-state index in [2.05, 4.69) is 11.9 Å². The molecule has 2 aliphatic rings. The van der Waals surface area contributed by atoms with Crippen LogP contribution in [0.2, 0.25) is 0 Å². The van der Waals surface area contributed by atoms with E-state index in [1.54, 1.807) is 6.92 Å². The van der Waals surface area contributed by atoms with Gasteiger partial charge in [-0.05, 0) is 31.7 Å². The first-order chi connectivity index (χ1) is 16.4. The molecule has 2 fully saturated rings. The summed E-state index contributed by atoms with van der Waals surface area (Å²) in [4.78, 5) is 23.7. The number of fused-ring (bicyclic) bond motifs is 1. The second-order valence-corrected chi connectivity index (χ2v) is 9.74. The first-order valence-electron chi connectivity index (χ1n) is 10.8. The smallest absolute Gasteiger partial charge is 0.423 e. The molecule has 0 amide bonds. The number of hydrogen-bond acceptors (Lipinski definition) is 12. The molecule has 0 radical (unpaired) electrons. The van der Waals surface area contributed by atoms with E-state index in [1.807, 2.05) is 0 Å². The predicted octanol–water partition coefficient (Wildman–Crippen LogP) is -1.27. The molecule has 4 rings (SSSR count). The lowest BCUT2D eigenvalue weighted by Gasteiger charge is -2.41. The lowest BCUT2D eigenvalue weighted by Crippen LogP contribution is -2.64. The molecule has 6 N–H and O–H groups in total. The molecule has 0 spiro atoms. The van der Waals surface area contributed by atoms with Crippen molar-refractivity contribution in [3.8, 4) is 5.75 Å². The molecule has 196 valence electrons. The molecule has 1 aromatic heterocycles. The number of aliphatic hydroxyl groups is 5. The lowest BCUT2D eigenvalue weighted by molar-refractivity contribution is -0.219. The van der Waals surface area contributed by atoms with E-state index in [4.69, 9.17) is 18.2 Å². The van der Waals surface area contributed by atoms with E-state index >= 15 is 0 Å². The Kier molecular flexibility index (Phi) is 9.05. The molecule has 3 unspecified atom stereocenters. The quantitative estimate of drug-likeness (QED) is 0.207. The zero-order valence-electron chi connectivity index (χ0n) is 19.1. The van der Waals surface area contributed by atoms with Crippen LogP contribution in [0.4, 0.5) is 0 Å². The summed E-state index contributed by atoms with van der Waals surface area (Å²) in [5.41, 5.74) is 0.0889. The van der Waals surface area contributed by atoms with Gasteiger partial charge in [-0.2, -0.15) is 0 Å². The second-order valence-electron chi connectivity index (χ2n) is 8.40. The van der Waals surface area contributed by atoms with Gasteiger partial charge in [-0.3, -0.25) is 9.42 Å². The zero-order chi connectivity index (χ0) is 25.9. The third-order valence-electron chi connectivity index (χ3n) is 5.71. The number of ether oxygens (including phenoxy) is 1. The van der Waals surface area contributed by atoms with Gasteiger partial charge in [0.05, 0.1) is 13.2 Å². The number of hydrogen-bond donors (Lipinski definition) is 6. The average Bonchev–Trinajstić information content (AvgIpc) is 2.79. The maximum absolute atomic E-state index is 12.3. The Bertz CT molecular complexity index is 1090. The van der Waals surface area contributed by atoms with Crippen LogP contribution in [0.3, 0.4) is 0 Å². The zero-order valence-corrected chi connectivity index (χ0v) is 20.0. The Hall–Kier alpha value is -1.90. The maximum atomic E-state index is 12.3. The number of morpholine rings is 1. The summed E-state index contributed by atoms with van der Waals surface area (Å²) in [5.74, 6) is -0.215. The molecule has 1 aliphatic heterocycles. The van der Waals surface area contributed by atoms with Gasteiger partial charge in [-0.15, -0.1) is 0 Å². The van der Waals surface area contributed by atoms with E-state index in [0.29, 0.717) is 10.9 Å². The molecular formula is C21H30NO12P. The summed E-state index contributed by atoms with van der Waals surface area (Å²) >= 11 is 0. The van der Waals surface area contributed by atoms with Crippen LogP contribution >= 0.6 is 7.82 Å². The van der Waals surface area contributed by atoms with E-state index in [1.165, 1.54) is 24.3 Å². The number of likely N-dealkylation sites (N-methyl/N-ethyl adjacent to an activating group) is 1. The minimum Gasteiger partial charge on any atom is -0.423 e. The van der Waals surface area contributed by atoms with Crippen LogP contribution in [0.25, 0.3) is 11.0 Å². The third-order valence-corrected chi connectivity index (χ3v) is 6.66. The van der Waals surface area contributed by atoms with Crippen LogP contribution < -0.4 is 10.1 Å². The van der Waals surface area contributed by atoms with Crippen molar-refractivity contribution in [2.45, 2.75) is 43.5 Å². The molecule has 13 nitrogen and oxygen atoms in total. The fourth-order valence-corrected chi connectivity index (χ4v) is 4.63. The van der Waals surface area contributed by atoms with Crippen LogP contribution in [-0.4, -0.2) is 105 Å². The number of phosphoric ester groups is 1. The van der Waals surface area contributed by atoms with E-state index in [9.17, 15) is 39.8 Å². The molecule has 0 bridgehead atoms. The van der Waals surface area contributed by atoms with Crippen LogP contribution in [0.1, 0.15) is 5.56 Å². The highest BCUT2D eigenvalue weighted by Crippen LogP contribution is 2.47. The van der Waals surface area contributed by atoms with Gasteiger partial charge in [0.2, 0.25) is 0 Å². The monoisotopic (exact) mass is 519 g/mol. The fourth-order valence-electron chi connectivity index (χ4n) is 3.65. The van der Waals surface area contributed by atoms with Gasteiger partial charge in [-0.25, -0.2) is 9.36 Å². The Morgan fingerprint density at radius 1 is 0.971 bits per heavy atom. The SMILES string of the molecule is CN1CCOCC1.Cc1cc(=O)oc2cc(OP(=O)(O)OC3[C@H](O)[C@H](O)C(O)[C@H](O)[C@H]3O)ccc12.